The second-order valence-electron chi connectivity index (χ2n) is 5.21. The highest BCUT2D eigenvalue weighted by Gasteiger charge is 2.21. The minimum absolute atomic E-state index is 0.0170. The van der Waals surface area contributed by atoms with Gasteiger partial charge in [-0.25, -0.2) is 8.78 Å². The monoisotopic (exact) mass is 333 g/mol. The highest BCUT2D eigenvalue weighted by Crippen LogP contribution is 2.20. The SMILES string of the molecule is CCc1noc(CC)c1CC(=O)N[C@H](C#N)c1ccc(F)cc1F. The maximum atomic E-state index is 13.8. The van der Waals surface area contributed by atoms with Gasteiger partial charge in [0.15, 0.2) is 0 Å². The van der Waals surface area contributed by atoms with Gasteiger partial charge in [0.05, 0.1) is 18.2 Å². The molecule has 0 aliphatic carbocycles. The van der Waals surface area contributed by atoms with Crippen LogP contribution in [-0.4, -0.2) is 11.1 Å². The molecule has 24 heavy (non-hydrogen) atoms. The molecule has 1 aromatic heterocycles. The van der Waals surface area contributed by atoms with E-state index in [0.717, 1.165) is 12.1 Å². The van der Waals surface area contributed by atoms with E-state index in [-0.39, 0.29) is 12.0 Å². The summed E-state index contributed by atoms with van der Waals surface area (Å²) in [6.45, 7) is 3.78. The van der Waals surface area contributed by atoms with Crippen LogP contribution in [0, 0.1) is 23.0 Å². The molecule has 1 atom stereocenters. The normalized spacial score (nSPS) is 11.8. The van der Waals surface area contributed by atoms with Crippen molar-refractivity contribution in [1.29, 1.82) is 5.26 Å². The number of nitrogens with zero attached hydrogens (tertiary/aromatic N) is 2. The van der Waals surface area contributed by atoms with Crippen molar-refractivity contribution in [2.24, 2.45) is 0 Å². The minimum Gasteiger partial charge on any atom is -0.361 e. The summed E-state index contributed by atoms with van der Waals surface area (Å²) in [4.78, 5) is 12.2. The molecule has 1 heterocycles. The summed E-state index contributed by atoms with van der Waals surface area (Å²) in [7, 11) is 0. The minimum atomic E-state index is -1.20. The van der Waals surface area contributed by atoms with E-state index in [4.69, 9.17) is 4.52 Å². The van der Waals surface area contributed by atoms with Gasteiger partial charge in [-0.3, -0.25) is 4.79 Å². The van der Waals surface area contributed by atoms with Crippen molar-refractivity contribution in [3.8, 4) is 6.07 Å². The third kappa shape index (κ3) is 3.77. The molecule has 1 N–H and O–H groups in total. The van der Waals surface area contributed by atoms with Gasteiger partial charge in [-0.1, -0.05) is 25.1 Å². The van der Waals surface area contributed by atoms with E-state index >= 15 is 0 Å². The number of benzene rings is 1. The van der Waals surface area contributed by atoms with Crippen molar-refractivity contribution >= 4 is 5.91 Å². The van der Waals surface area contributed by atoms with Crippen LogP contribution >= 0.6 is 0 Å². The van der Waals surface area contributed by atoms with Crippen molar-refractivity contribution in [2.75, 3.05) is 0 Å². The lowest BCUT2D eigenvalue weighted by Gasteiger charge is -2.13. The number of carbonyl (C=O) groups is 1. The van der Waals surface area contributed by atoms with Gasteiger partial charge in [0.2, 0.25) is 5.91 Å². The molecule has 126 valence electrons. The molecule has 0 fully saturated rings. The molecule has 0 saturated carbocycles. The summed E-state index contributed by atoms with van der Waals surface area (Å²) in [5.41, 5.74) is 1.29. The summed E-state index contributed by atoms with van der Waals surface area (Å²) in [5.74, 6) is -1.47. The number of hydrogen-bond acceptors (Lipinski definition) is 4. The lowest BCUT2D eigenvalue weighted by Crippen LogP contribution is -2.30. The smallest absolute Gasteiger partial charge is 0.225 e. The quantitative estimate of drug-likeness (QED) is 0.881. The van der Waals surface area contributed by atoms with Crippen LogP contribution in [0.5, 0.6) is 0 Å². The maximum absolute atomic E-state index is 13.8. The first-order chi connectivity index (χ1) is 11.5. The van der Waals surface area contributed by atoms with E-state index in [9.17, 15) is 18.8 Å². The van der Waals surface area contributed by atoms with E-state index in [0.29, 0.717) is 35.9 Å². The number of nitriles is 1. The summed E-state index contributed by atoms with van der Waals surface area (Å²) < 4.78 is 31.9. The number of rotatable bonds is 6. The Morgan fingerprint density at radius 2 is 2.12 bits per heavy atom. The first-order valence-electron chi connectivity index (χ1n) is 7.60. The second-order valence-corrected chi connectivity index (χ2v) is 5.21. The molecule has 1 aromatic carbocycles. The van der Waals surface area contributed by atoms with Crippen LogP contribution < -0.4 is 5.32 Å². The van der Waals surface area contributed by atoms with Gasteiger partial charge in [0.25, 0.3) is 0 Å². The van der Waals surface area contributed by atoms with Crippen LogP contribution in [0.2, 0.25) is 0 Å². The standard InChI is InChI=1S/C17H17F2N3O2/c1-3-14-12(16(4-2)24-22-14)8-17(23)21-15(9-20)11-6-5-10(18)7-13(11)19/h5-7,15H,3-4,8H2,1-2H3,(H,21,23)/t15-/m1/s1. The summed E-state index contributed by atoms with van der Waals surface area (Å²) >= 11 is 0. The third-order valence-corrected chi connectivity index (χ3v) is 3.65. The van der Waals surface area contributed by atoms with Crippen LogP contribution in [0.15, 0.2) is 22.7 Å². The van der Waals surface area contributed by atoms with Crippen molar-refractivity contribution < 1.29 is 18.1 Å². The van der Waals surface area contributed by atoms with E-state index in [2.05, 4.69) is 10.5 Å². The molecular weight excluding hydrogens is 316 g/mol. The van der Waals surface area contributed by atoms with Crippen molar-refractivity contribution in [3.05, 3.63) is 52.4 Å². The van der Waals surface area contributed by atoms with E-state index in [1.165, 1.54) is 0 Å². The molecule has 0 saturated heterocycles. The Labute approximate surface area is 138 Å². The van der Waals surface area contributed by atoms with Gasteiger partial charge >= 0.3 is 0 Å². The lowest BCUT2D eigenvalue weighted by atomic mass is 10.0. The van der Waals surface area contributed by atoms with E-state index < -0.39 is 23.6 Å². The summed E-state index contributed by atoms with van der Waals surface area (Å²) in [6.07, 6.45) is 1.18. The first-order valence-corrected chi connectivity index (χ1v) is 7.60. The van der Waals surface area contributed by atoms with Gasteiger partial charge in [-0.15, -0.1) is 0 Å². The first kappa shape index (κ1) is 17.6. The van der Waals surface area contributed by atoms with Gasteiger partial charge in [0, 0.05) is 23.6 Å². The third-order valence-electron chi connectivity index (χ3n) is 3.65. The number of aromatic nitrogens is 1. The van der Waals surface area contributed by atoms with E-state index in [1.807, 2.05) is 19.9 Å². The Hall–Kier alpha value is -2.75. The molecule has 1 amide bonds. The summed E-state index contributed by atoms with van der Waals surface area (Å²) in [5, 5.41) is 15.6. The fourth-order valence-corrected chi connectivity index (χ4v) is 2.43. The topological polar surface area (TPSA) is 78.9 Å². The Bertz CT molecular complexity index is 759. The van der Waals surface area contributed by atoms with Crippen LogP contribution in [0.25, 0.3) is 0 Å². The molecule has 0 unspecified atom stereocenters. The lowest BCUT2D eigenvalue weighted by molar-refractivity contribution is -0.120. The molecule has 2 rings (SSSR count). The van der Waals surface area contributed by atoms with E-state index in [1.54, 1.807) is 0 Å². The Kier molecular flexibility index (Phi) is 5.64. The Morgan fingerprint density at radius 3 is 2.71 bits per heavy atom. The van der Waals surface area contributed by atoms with Crippen LogP contribution in [0.3, 0.4) is 0 Å². The molecule has 0 aliphatic heterocycles. The number of hydrogen-bond donors (Lipinski definition) is 1. The average Bonchev–Trinajstić information content (AvgIpc) is 2.94. The highest BCUT2D eigenvalue weighted by atomic mass is 19.1. The number of halogens is 2. The van der Waals surface area contributed by atoms with Crippen LogP contribution in [-0.2, 0) is 24.1 Å². The molecule has 0 aliphatic rings. The molecular formula is C17H17F2N3O2. The molecule has 7 heteroatoms. The zero-order valence-corrected chi connectivity index (χ0v) is 13.4. The average molecular weight is 333 g/mol. The Morgan fingerprint density at radius 1 is 1.38 bits per heavy atom. The van der Waals surface area contributed by atoms with Crippen molar-refractivity contribution in [2.45, 2.75) is 39.2 Å². The van der Waals surface area contributed by atoms with Crippen LogP contribution in [0.1, 0.15) is 42.5 Å². The number of amides is 1. The molecule has 0 radical (unpaired) electrons. The van der Waals surface area contributed by atoms with Crippen LogP contribution in [0.4, 0.5) is 8.78 Å². The largest absolute Gasteiger partial charge is 0.361 e. The van der Waals surface area contributed by atoms with Gasteiger partial charge < -0.3 is 9.84 Å². The fraction of sp³-hybridized carbons (Fsp3) is 0.353. The highest BCUT2D eigenvalue weighted by molar-refractivity contribution is 5.79. The van der Waals surface area contributed by atoms with Crippen molar-refractivity contribution in [1.82, 2.24) is 10.5 Å². The molecule has 2 aromatic rings. The van der Waals surface area contributed by atoms with Gasteiger partial charge in [-0.2, -0.15) is 5.26 Å². The second kappa shape index (κ2) is 7.68. The zero-order chi connectivity index (χ0) is 17.7. The fourth-order valence-electron chi connectivity index (χ4n) is 2.43. The molecule has 5 nitrogen and oxygen atoms in total. The van der Waals surface area contributed by atoms with Crippen molar-refractivity contribution in [3.63, 3.8) is 0 Å². The predicted octanol–water partition coefficient (Wildman–Crippen LogP) is 3.00. The molecule has 0 bridgehead atoms. The van der Waals surface area contributed by atoms with Gasteiger partial charge in [0.1, 0.15) is 23.4 Å². The number of aryl methyl sites for hydroxylation is 2. The molecule has 0 spiro atoms. The number of nitrogens with one attached hydrogen (secondary N) is 1. The number of carbonyl (C=O) groups excluding carboxylic acids is 1. The Balaban J connectivity index is 2.16. The summed E-state index contributed by atoms with van der Waals surface area (Å²) in [6, 6.07) is 3.48. The zero-order valence-electron chi connectivity index (χ0n) is 13.4. The maximum Gasteiger partial charge on any atom is 0.225 e. The van der Waals surface area contributed by atoms with Gasteiger partial charge in [-0.05, 0) is 12.5 Å². The predicted molar refractivity (Wildman–Crippen MR) is 81.8 cm³/mol.